The molecular formula is C14H14BrNO4. The monoisotopic (exact) mass is 339 g/mol. The van der Waals surface area contributed by atoms with E-state index >= 15 is 0 Å². The lowest BCUT2D eigenvalue weighted by Gasteiger charge is -2.18. The molecule has 0 saturated heterocycles. The fraction of sp³-hybridized carbons (Fsp3) is 0.357. The van der Waals surface area contributed by atoms with Gasteiger partial charge in [0.15, 0.2) is 0 Å². The summed E-state index contributed by atoms with van der Waals surface area (Å²) in [5, 5.41) is 0. The van der Waals surface area contributed by atoms with Crippen LogP contribution < -0.4 is 4.90 Å². The molecule has 0 bridgehead atoms. The van der Waals surface area contributed by atoms with Gasteiger partial charge in [-0.25, -0.2) is 0 Å². The SMILES string of the molecule is COC(=O)CCCN1C(=O)C(=O)c2cc(Br)cc(C)c21. The highest BCUT2D eigenvalue weighted by molar-refractivity contribution is 9.10. The van der Waals surface area contributed by atoms with E-state index in [2.05, 4.69) is 20.7 Å². The number of Topliss-reactive ketones (excluding diaryl/α,β-unsaturated/α-hetero) is 1. The van der Waals surface area contributed by atoms with E-state index in [0.717, 1.165) is 10.0 Å². The van der Waals surface area contributed by atoms with Gasteiger partial charge in [-0.05, 0) is 31.0 Å². The van der Waals surface area contributed by atoms with E-state index in [1.54, 1.807) is 6.07 Å². The van der Waals surface area contributed by atoms with E-state index in [1.165, 1.54) is 12.0 Å². The Balaban J connectivity index is 2.22. The zero-order valence-corrected chi connectivity index (χ0v) is 12.8. The summed E-state index contributed by atoms with van der Waals surface area (Å²) in [5.74, 6) is -1.36. The van der Waals surface area contributed by atoms with Gasteiger partial charge >= 0.3 is 5.97 Å². The first-order valence-corrected chi connectivity index (χ1v) is 6.98. The topological polar surface area (TPSA) is 63.7 Å². The average Bonchev–Trinajstić information content (AvgIpc) is 2.64. The summed E-state index contributed by atoms with van der Waals surface area (Å²) in [6.45, 7) is 2.18. The van der Waals surface area contributed by atoms with Gasteiger partial charge in [-0.1, -0.05) is 15.9 Å². The van der Waals surface area contributed by atoms with Crippen LogP contribution in [0.25, 0.3) is 0 Å². The van der Waals surface area contributed by atoms with E-state index in [1.807, 2.05) is 13.0 Å². The van der Waals surface area contributed by atoms with Crippen molar-refractivity contribution < 1.29 is 19.1 Å². The molecule has 0 radical (unpaired) electrons. The summed E-state index contributed by atoms with van der Waals surface area (Å²) in [6, 6.07) is 3.51. The molecule has 0 aliphatic carbocycles. The molecule has 2 rings (SSSR count). The number of carbonyl (C=O) groups is 3. The number of hydrogen-bond acceptors (Lipinski definition) is 4. The van der Waals surface area contributed by atoms with Crippen LogP contribution in [-0.4, -0.2) is 31.3 Å². The van der Waals surface area contributed by atoms with Gasteiger partial charge in [0.25, 0.3) is 11.7 Å². The first-order chi connectivity index (χ1) is 9.45. The van der Waals surface area contributed by atoms with Gasteiger partial charge in [0.05, 0.1) is 18.4 Å². The van der Waals surface area contributed by atoms with Crippen LogP contribution in [0.3, 0.4) is 0 Å². The van der Waals surface area contributed by atoms with Crippen molar-refractivity contribution in [3.05, 3.63) is 27.7 Å². The Labute approximate surface area is 125 Å². The lowest BCUT2D eigenvalue weighted by atomic mass is 10.1. The minimum absolute atomic E-state index is 0.222. The number of halogens is 1. The fourth-order valence-corrected chi connectivity index (χ4v) is 2.88. The van der Waals surface area contributed by atoms with Gasteiger partial charge in [0, 0.05) is 17.4 Å². The molecule has 1 heterocycles. The van der Waals surface area contributed by atoms with Crippen molar-refractivity contribution in [1.82, 2.24) is 0 Å². The lowest BCUT2D eigenvalue weighted by Crippen LogP contribution is -2.31. The molecule has 0 N–H and O–H groups in total. The highest BCUT2D eigenvalue weighted by atomic mass is 79.9. The molecule has 0 aromatic heterocycles. The van der Waals surface area contributed by atoms with Crippen molar-refractivity contribution >= 4 is 39.3 Å². The standard InChI is InChI=1S/C14H14BrNO4/c1-8-6-9(15)7-10-12(8)16(14(19)13(10)18)5-3-4-11(17)20-2/h6-7H,3-5H2,1-2H3. The number of anilines is 1. The normalized spacial score (nSPS) is 13.7. The summed E-state index contributed by atoms with van der Waals surface area (Å²) >= 11 is 3.32. The Hall–Kier alpha value is -1.69. The number of benzene rings is 1. The molecule has 1 aliphatic rings. The minimum Gasteiger partial charge on any atom is -0.469 e. The minimum atomic E-state index is -0.536. The first kappa shape index (κ1) is 14.7. The van der Waals surface area contributed by atoms with E-state index < -0.39 is 11.7 Å². The number of ketones is 1. The van der Waals surface area contributed by atoms with Crippen LogP contribution in [0, 0.1) is 6.92 Å². The molecule has 5 nitrogen and oxygen atoms in total. The maximum Gasteiger partial charge on any atom is 0.305 e. The summed E-state index contributed by atoms with van der Waals surface area (Å²) < 4.78 is 5.33. The number of methoxy groups -OCH3 is 1. The number of aryl methyl sites for hydroxylation is 1. The number of amides is 1. The van der Waals surface area contributed by atoms with Crippen LogP contribution in [0.4, 0.5) is 5.69 Å². The Morgan fingerprint density at radius 2 is 2.05 bits per heavy atom. The van der Waals surface area contributed by atoms with E-state index in [4.69, 9.17) is 0 Å². The first-order valence-electron chi connectivity index (χ1n) is 6.19. The summed E-state index contributed by atoms with van der Waals surface area (Å²) in [7, 11) is 1.32. The smallest absolute Gasteiger partial charge is 0.305 e. The second-order valence-corrected chi connectivity index (χ2v) is 5.50. The highest BCUT2D eigenvalue weighted by Gasteiger charge is 2.36. The van der Waals surface area contributed by atoms with Crippen molar-refractivity contribution in [2.24, 2.45) is 0 Å². The van der Waals surface area contributed by atoms with Gasteiger partial charge in [0.2, 0.25) is 0 Å². The molecule has 1 aromatic rings. The second kappa shape index (κ2) is 5.75. The van der Waals surface area contributed by atoms with Crippen LogP contribution in [0.1, 0.15) is 28.8 Å². The number of ether oxygens (including phenoxy) is 1. The number of nitrogens with zero attached hydrogens (tertiary/aromatic N) is 1. The summed E-state index contributed by atoms with van der Waals surface area (Å²) in [5.41, 5.74) is 1.92. The molecule has 0 saturated carbocycles. The largest absolute Gasteiger partial charge is 0.469 e. The highest BCUT2D eigenvalue weighted by Crippen LogP contribution is 2.35. The number of rotatable bonds is 4. The van der Waals surface area contributed by atoms with Gasteiger partial charge in [-0.2, -0.15) is 0 Å². The van der Waals surface area contributed by atoms with Crippen LogP contribution in [0.2, 0.25) is 0 Å². The third kappa shape index (κ3) is 2.60. The van der Waals surface area contributed by atoms with E-state index in [0.29, 0.717) is 24.2 Å². The van der Waals surface area contributed by atoms with Crippen molar-refractivity contribution in [1.29, 1.82) is 0 Å². The quantitative estimate of drug-likeness (QED) is 0.623. The summed E-state index contributed by atoms with van der Waals surface area (Å²) in [6.07, 6.45) is 0.681. The number of carbonyl (C=O) groups excluding carboxylic acids is 3. The molecule has 0 spiro atoms. The van der Waals surface area contributed by atoms with Crippen molar-refractivity contribution in [3.8, 4) is 0 Å². The molecule has 0 fully saturated rings. The Morgan fingerprint density at radius 3 is 2.70 bits per heavy atom. The molecule has 0 atom stereocenters. The summed E-state index contributed by atoms with van der Waals surface area (Å²) in [4.78, 5) is 36.5. The number of hydrogen-bond donors (Lipinski definition) is 0. The lowest BCUT2D eigenvalue weighted by molar-refractivity contribution is -0.140. The Bertz CT molecular complexity index is 597. The average molecular weight is 340 g/mol. The Morgan fingerprint density at radius 1 is 1.35 bits per heavy atom. The fourth-order valence-electron chi connectivity index (χ4n) is 2.30. The van der Waals surface area contributed by atoms with Crippen LogP contribution in [0.5, 0.6) is 0 Å². The molecular weight excluding hydrogens is 326 g/mol. The van der Waals surface area contributed by atoms with Gasteiger partial charge in [0.1, 0.15) is 0 Å². The van der Waals surface area contributed by atoms with Gasteiger partial charge in [-0.3, -0.25) is 14.4 Å². The van der Waals surface area contributed by atoms with Crippen LogP contribution in [-0.2, 0) is 14.3 Å². The Kier molecular flexibility index (Phi) is 4.23. The molecule has 20 heavy (non-hydrogen) atoms. The van der Waals surface area contributed by atoms with Gasteiger partial charge in [-0.15, -0.1) is 0 Å². The molecule has 1 amide bonds. The van der Waals surface area contributed by atoms with Crippen LogP contribution >= 0.6 is 15.9 Å². The second-order valence-electron chi connectivity index (χ2n) is 4.58. The molecule has 1 aliphatic heterocycles. The molecule has 6 heteroatoms. The van der Waals surface area contributed by atoms with Crippen molar-refractivity contribution in [2.45, 2.75) is 19.8 Å². The predicted octanol–water partition coefficient (Wildman–Crippen LogP) is 2.24. The van der Waals surface area contributed by atoms with Crippen molar-refractivity contribution in [2.75, 3.05) is 18.6 Å². The third-order valence-electron chi connectivity index (χ3n) is 3.21. The zero-order chi connectivity index (χ0) is 14.9. The maximum atomic E-state index is 12.0. The van der Waals surface area contributed by atoms with E-state index in [-0.39, 0.29) is 12.4 Å². The number of fused-ring (bicyclic) bond motifs is 1. The maximum absolute atomic E-state index is 12.0. The molecule has 1 aromatic carbocycles. The van der Waals surface area contributed by atoms with E-state index in [9.17, 15) is 14.4 Å². The third-order valence-corrected chi connectivity index (χ3v) is 3.67. The molecule has 0 unspecified atom stereocenters. The predicted molar refractivity (Wildman–Crippen MR) is 76.8 cm³/mol. The van der Waals surface area contributed by atoms with Crippen LogP contribution in [0.15, 0.2) is 16.6 Å². The van der Waals surface area contributed by atoms with Crippen molar-refractivity contribution in [3.63, 3.8) is 0 Å². The van der Waals surface area contributed by atoms with Gasteiger partial charge < -0.3 is 9.64 Å². The molecule has 106 valence electrons. The zero-order valence-electron chi connectivity index (χ0n) is 11.2. The number of esters is 1.